The first-order valence-electron chi connectivity index (χ1n) is 15.8. The van der Waals surface area contributed by atoms with Crippen molar-refractivity contribution in [1.82, 2.24) is 4.90 Å². The summed E-state index contributed by atoms with van der Waals surface area (Å²) in [6.45, 7) is 6.16. The Bertz CT molecular complexity index is 940. The largest absolute Gasteiger partial charge is 0.508 e. The zero-order valence-corrected chi connectivity index (χ0v) is 24.9. The predicted octanol–water partition coefficient (Wildman–Crippen LogP) is 5.62. The van der Waals surface area contributed by atoms with E-state index in [0.29, 0.717) is 36.0 Å². The van der Waals surface area contributed by atoms with E-state index in [1.165, 1.54) is 36.8 Å². The molecule has 7 heteroatoms. The van der Waals surface area contributed by atoms with Gasteiger partial charge in [-0.15, -0.1) is 0 Å². The van der Waals surface area contributed by atoms with E-state index >= 15 is 0 Å². The lowest BCUT2D eigenvalue weighted by Crippen LogP contribution is -2.47. The van der Waals surface area contributed by atoms with Crippen LogP contribution in [0.4, 0.5) is 0 Å². The molecule has 3 aliphatic rings. The summed E-state index contributed by atoms with van der Waals surface area (Å²) in [6.07, 6.45) is 13.1. The van der Waals surface area contributed by atoms with Crippen LogP contribution in [0.25, 0.3) is 0 Å². The summed E-state index contributed by atoms with van der Waals surface area (Å²) in [5.41, 5.74) is 2.91. The van der Waals surface area contributed by atoms with Gasteiger partial charge in [-0.3, -0.25) is 0 Å². The number of likely N-dealkylation sites (N-methyl/N-ethyl adjacent to an activating group) is 1. The van der Waals surface area contributed by atoms with Crippen LogP contribution in [0.5, 0.6) is 5.75 Å². The Balaban J connectivity index is 1.14. The van der Waals surface area contributed by atoms with Crippen LogP contribution in [-0.4, -0.2) is 78.9 Å². The van der Waals surface area contributed by atoms with Crippen LogP contribution in [0.2, 0.25) is 0 Å². The van der Waals surface area contributed by atoms with Gasteiger partial charge in [0.25, 0.3) is 0 Å². The molecule has 40 heavy (non-hydrogen) atoms. The number of carboxylic acids is 1. The van der Waals surface area contributed by atoms with E-state index in [1.807, 2.05) is 12.1 Å². The fourth-order valence-electron chi connectivity index (χ4n) is 8.17. The smallest absolute Gasteiger partial charge is 0.329 e. The molecule has 1 aromatic carbocycles. The third-order valence-electron chi connectivity index (χ3n) is 10.4. The van der Waals surface area contributed by atoms with Gasteiger partial charge < -0.3 is 29.7 Å². The van der Waals surface area contributed by atoms with Crippen LogP contribution in [0.3, 0.4) is 0 Å². The number of phenols is 1. The molecule has 7 nitrogen and oxygen atoms in total. The molecule has 0 heterocycles. The highest BCUT2D eigenvalue weighted by atomic mass is 16.5. The lowest BCUT2D eigenvalue weighted by molar-refractivity contribution is -0.142. The summed E-state index contributed by atoms with van der Waals surface area (Å²) in [5.74, 6) is 1.97. The lowest BCUT2D eigenvalue weighted by Gasteiger charge is -2.53. The Morgan fingerprint density at radius 3 is 2.58 bits per heavy atom. The van der Waals surface area contributed by atoms with Crippen molar-refractivity contribution < 1.29 is 29.6 Å². The van der Waals surface area contributed by atoms with E-state index < -0.39 is 5.97 Å². The molecule has 3 aliphatic carbocycles. The fraction of sp³-hybridized carbons (Fsp3) is 0.788. The van der Waals surface area contributed by atoms with Crippen molar-refractivity contribution in [3.05, 3.63) is 29.3 Å². The Morgan fingerprint density at radius 1 is 1.00 bits per heavy atom. The van der Waals surface area contributed by atoms with Crippen LogP contribution in [0.1, 0.15) is 94.6 Å². The monoisotopic (exact) mass is 559 g/mol. The van der Waals surface area contributed by atoms with Gasteiger partial charge in [0.1, 0.15) is 12.4 Å². The maximum absolute atomic E-state index is 10.9. The fourth-order valence-corrected chi connectivity index (χ4v) is 8.17. The van der Waals surface area contributed by atoms with E-state index in [9.17, 15) is 15.0 Å². The Kier molecular flexibility index (Phi) is 11.7. The van der Waals surface area contributed by atoms with Crippen LogP contribution in [0, 0.1) is 23.2 Å². The van der Waals surface area contributed by atoms with Gasteiger partial charge in [0.2, 0.25) is 0 Å². The van der Waals surface area contributed by atoms with E-state index in [1.54, 1.807) is 0 Å². The van der Waals surface area contributed by atoms with Gasteiger partial charge in [0.05, 0.1) is 12.7 Å². The molecule has 5 unspecified atom stereocenters. The van der Waals surface area contributed by atoms with Gasteiger partial charge >= 0.3 is 5.97 Å². The normalized spacial score (nSPS) is 29.2. The van der Waals surface area contributed by atoms with Gasteiger partial charge in [-0.1, -0.05) is 25.8 Å². The molecule has 0 aromatic heterocycles. The Hall–Kier alpha value is -1.67. The molecule has 1 aromatic rings. The number of carboxylic acid groups (broad SMARTS) is 1. The number of hydrogen-bond donors (Lipinski definition) is 3. The van der Waals surface area contributed by atoms with E-state index in [4.69, 9.17) is 14.6 Å². The number of ether oxygens (including phenoxy) is 2. The van der Waals surface area contributed by atoms with Gasteiger partial charge in [0.15, 0.2) is 0 Å². The molecular formula is C33H53NO6. The number of benzene rings is 1. The van der Waals surface area contributed by atoms with Crippen molar-refractivity contribution in [2.75, 3.05) is 46.6 Å². The zero-order valence-electron chi connectivity index (χ0n) is 24.9. The minimum Gasteiger partial charge on any atom is -0.508 e. The SMILES string of the molecule is CN(CCCCC[C@@H]1Cc2cc(O)ccc2C2CCC3(C)C(O)CCC3C21)CCOCCCCCOCC(=O)O. The maximum Gasteiger partial charge on any atom is 0.329 e. The molecule has 2 fully saturated rings. The molecule has 4 rings (SSSR count). The highest BCUT2D eigenvalue weighted by Gasteiger charge is 2.56. The van der Waals surface area contributed by atoms with Crippen molar-refractivity contribution >= 4 is 5.97 Å². The lowest BCUT2D eigenvalue weighted by atomic mass is 9.52. The molecule has 0 aliphatic heterocycles. The molecule has 226 valence electrons. The highest BCUT2D eigenvalue weighted by Crippen LogP contribution is 2.62. The molecule has 0 bridgehead atoms. The first-order chi connectivity index (χ1) is 19.3. The maximum atomic E-state index is 10.9. The topological polar surface area (TPSA) is 99.5 Å². The second-order valence-corrected chi connectivity index (χ2v) is 13.0. The summed E-state index contributed by atoms with van der Waals surface area (Å²) in [5, 5.41) is 29.6. The van der Waals surface area contributed by atoms with Crippen molar-refractivity contribution in [1.29, 1.82) is 0 Å². The van der Waals surface area contributed by atoms with Crippen LogP contribution in [0.15, 0.2) is 18.2 Å². The molecule has 3 N–H and O–H groups in total. The molecule has 2 saturated carbocycles. The molecular weight excluding hydrogens is 506 g/mol. The van der Waals surface area contributed by atoms with Crippen LogP contribution < -0.4 is 0 Å². The number of rotatable bonds is 17. The first kappa shape index (κ1) is 31.3. The predicted molar refractivity (Wildman–Crippen MR) is 157 cm³/mol. The molecule has 0 radical (unpaired) electrons. The van der Waals surface area contributed by atoms with Gasteiger partial charge in [-0.25, -0.2) is 4.79 Å². The highest BCUT2D eigenvalue weighted by molar-refractivity contribution is 5.67. The zero-order chi connectivity index (χ0) is 28.5. The average molecular weight is 560 g/mol. The molecule has 0 saturated heterocycles. The van der Waals surface area contributed by atoms with E-state index in [0.717, 1.165) is 77.7 Å². The Morgan fingerprint density at radius 2 is 1.77 bits per heavy atom. The minimum atomic E-state index is -0.916. The minimum absolute atomic E-state index is 0.0784. The number of unbranched alkanes of at least 4 members (excludes halogenated alkanes) is 4. The van der Waals surface area contributed by atoms with Crippen LogP contribution in [-0.2, 0) is 20.7 Å². The number of phenolic OH excluding ortho intramolecular Hbond substituents is 1. The summed E-state index contributed by atoms with van der Waals surface area (Å²) in [6, 6.07) is 6.08. The number of hydrogen-bond acceptors (Lipinski definition) is 6. The average Bonchev–Trinajstić information content (AvgIpc) is 3.23. The van der Waals surface area contributed by atoms with E-state index in [-0.39, 0.29) is 18.1 Å². The van der Waals surface area contributed by atoms with Crippen molar-refractivity contribution in [2.45, 2.75) is 96.0 Å². The molecule has 0 amide bonds. The first-order valence-corrected chi connectivity index (χ1v) is 15.8. The third kappa shape index (κ3) is 7.99. The van der Waals surface area contributed by atoms with Crippen molar-refractivity contribution in [3.63, 3.8) is 0 Å². The molecule has 0 spiro atoms. The summed E-state index contributed by atoms with van der Waals surface area (Å²) >= 11 is 0. The van der Waals surface area contributed by atoms with Crippen LogP contribution >= 0.6 is 0 Å². The number of nitrogens with zero attached hydrogens (tertiary/aromatic N) is 1. The second-order valence-electron chi connectivity index (χ2n) is 13.0. The standard InChI is InChI=1S/C33H53NO6/c1-33-15-14-28-27-11-10-26(35)22-25(27)21-24(32(28)29(33)12-13-30(33)36)9-5-3-6-16-34(2)17-20-39-18-7-4-8-19-40-23-31(37)38/h10-11,22,24,28-30,32,35-36H,3-9,12-21,23H2,1-2H3,(H,37,38)/t24-,28?,29?,30?,32?,33?/m1/s1. The number of aromatic hydroxyl groups is 1. The van der Waals surface area contributed by atoms with Gasteiger partial charge in [-0.05, 0) is 130 Å². The van der Waals surface area contributed by atoms with Crippen molar-refractivity contribution in [2.24, 2.45) is 23.2 Å². The Labute approximate surface area is 241 Å². The number of fused-ring (bicyclic) bond motifs is 5. The number of aliphatic hydroxyl groups is 1. The third-order valence-corrected chi connectivity index (χ3v) is 10.4. The quantitative estimate of drug-likeness (QED) is 0.213. The summed E-state index contributed by atoms with van der Waals surface area (Å²) in [7, 11) is 2.17. The van der Waals surface area contributed by atoms with Crippen molar-refractivity contribution in [3.8, 4) is 5.75 Å². The second kappa shape index (κ2) is 15.0. The van der Waals surface area contributed by atoms with Gasteiger partial charge in [-0.2, -0.15) is 0 Å². The molecule has 6 atom stereocenters. The van der Waals surface area contributed by atoms with E-state index in [2.05, 4.69) is 24.9 Å². The number of aliphatic carboxylic acids is 1. The van der Waals surface area contributed by atoms with Gasteiger partial charge in [0, 0.05) is 19.8 Å². The number of carbonyl (C=O) groups is 1. The summed E-state index contributed by atoms with van der Waals surface area (Å²) in [4.78, 5) is 12.8. The summed E-state index contributed by atoms with van der Waals surface area (Å²) < 4.78 is 10.8. The number of aliphatic hydroxyl groups excluding tert-OH is 1.